The number of carboxylic acid groups (broad SMARTS) is 1. The second kappa shape index (κ2) is 11.6. The first kappa shape index (κ1) is 25.2. The molecule has 0 bridgehead atoms. The molecule has 0 radical (unpaired) electrons. The average molecular weight is 483 g/mol. The fourth-order valence-electron chi connectivity index (χ4n) is 3.96. The lowest BCUT2D eigenvalue weighted by Gasteiger charge is -2.23. The number of hydrogen-bond acceptors (Lipinski definition) is 5. The topological polar surface area (TPSA) is 98.0 Å². The smallest absolute Gasteiger partial charge is 0.303 e. The molecule has 1 aromatic heterocycles. The summed E-state index contributed by atoms with van der Waals surface area (Å²) in [4.78, 5) is 34.3. The Morgan fingerprint density at radius 1 is 1.12 bits per heavy atom. The monoisotopic (exact) mass is 482 g/mol. The number of aromatic nitrogens is 1. The molecule has 34 heavy (non-hydrogen) atoms. The number of nitrogens with zero attached hydrogens (tertiary/aromatic N) is 2. The van der Waals surface area contributed by atoms with Gasteiger partial charge in [-0.1, -0.05) is 35.0 Å². The van der Waals surface area contributed by atoms with Crippen LogP contribution in [-0.4, -0.2) is 22.2 Å². The molecule has 1 heterocycles. The van der Waals surface area contributed by atoms with Crippen molar-refractivity contribution in [2.75, 3.05) is 6.61 Å². The third-order valence-electron chi connectivity index (χ3n) is 5.77. The van der Waals surface area contributed by atoms with Gasteiger partial charge in [-0.3, -0.25) is 9.59 Å². The van der Waals surface area contributed by atoms with Crippen LogP contribution in [-0.2, 0) is 11.8 Å². The van der Waals surface area contributed by atoms with E-state index in [0.29, 0.717) is 35.8 Å². The summed E-state index contributed by atoms with van der Waals surface area (Å²) in [5, 5.41) is 12.8. The number of rotatable bonds is 11. The fraction of sp³-hybridized carbons (Fsp3) is 0.308. The van der Waals surface area contributed by atoms with Gasteiger partial charge in [0.15, 0.2) is 0 Å². The Hall–Kier alpha value is -3.45. The maximum Gasteiger partial charge on any atom is 0.303 e. The minimum atomic E-state index is -0.850. The molecule has 0 saturated carbocycles. The number of benzene rings is 2. The molecule has 7 nitrogen and oxygen atoms in total. The predicted molar refractivity (Wildman–Crippen MR) is 132 cm³/mol. The molecule has 178 valence electrons. The van der Waals surface area contributed by atoms with Gasteiger partial charge < -0.3 is 14.4 Å². The largest absolute Gasteiger partial charge is 0.494 e. The summed E-state index contributed by atoms with van der Waals surface area (Å²) < 4.78 is 7.09. The van der Waals surface area contributed by atoms with E-state index in [9.17, 15) is 14.5 Å². The first-order valence-corrected chi connectivity index (χ1v) is 11.4. The van der Waals surface area contributed by atoms with E-state index >= 15 is 0 Å². The van der Waals surface area contributed by atoms with Gasteiger partial charge in [0.1, 0.15) is 11.8 Å². The minimum Gasteiger partial charge on any atom is -0.494 e. The number of hydrogen-bond donors (Lipinski definition) is 1. The van der Waals surface area contributed by atoms with Crippen molar-refractivity contribution in [3.8, 4) is 5.75 Å². The Morgan fingerprint density at radius 2 is 1.82 bits per heavy atom. The average Bonchev–Trinajstić information content (AvgIpc) is 2.81. The quantitative estimate of drug-likeness (QED) is 0.282. The van der Waals surface area contributed by atoms with E-state index in [0.717, 1.165) is 16.7 Å². The van der Waals surface area contributed by atoms with E-state index in [2.05, 4.69) is 5.18 Å². The number of ether oxygens (including phenoxy) is 1. The van der Waals surface area contributed by atoms with E-state index in [1.54, 1.807) is 19.3 Å². The normalized spacial score (nSPS) is 12.7. The summed E-state index contributed by atoms with van der Waals surface area (Å²) in [6, 6.07) is 15.7. The Labute approximate surface area is 202 Å². The van der Waals surface area contributed by atoms with Crippen molar-refractivity contribution < 1.29 is 14.6 Å². The Morgan fingerprint density at radius 3 is 2.44 bits per heavy atom. The molecule has 1 N–H and O–H groups in total. The molecule has 0 spiro atoms. The van der Waals surface area contributed by atoms with E-state index in [4.69, 9.17) is 21.4 Å². The molecule has 2 aromatic carbocycles. The Kier molecular flexibility index (Phi) is 8.60. The van der Waals surface area contributed by atoms with Gasteiger partial charge in [-0.25, -0.2) is 0 Å². The van der Waals surface area contributed by atoms with Gasteiger partial charge in [0, 0.05) is 36.7 Å². The number of aryl methyl sites for hydroxylation is 2. The standard InChI is InChI=1S/C26H27ClN2O5/c1-17-14-20(27)8-11-22(17)23(15-24(28-33)19-7-12-25(30)29(2)16-19)18-5-9-21(10-6-18)34-13-3-4-26(31)32/h5-12,14,16,23-24H,3-4,13,15H2,1-2H3,(H,31,32). The summed E-state index contributed by atoms with van der Waals surface area (Å²) in [5.41, 5.74) is 3.51. The number of carboxylic acids is 1. The zero-order chi connectivity index (χ0) is 24.7. The molecular weight excluding hydrogens is 456 g/mol. The van der Waals surface area contributed by atoms with Crippen LogP contribution in [0.4, 0.5) is 0 Å². The summed E-state index contributed by atoms with van der Waals surface area (Å²) in [6.45, 7) is 2.29. The van der Waals surface area contributed by atoms with Crippen LogP contribution < -0.4 is 10.3 Å². The zero-order valence-corrected chi connectivity index (χ0v) is 19.9. The highest BCUT2D eigenvalue weighted by Gasteiger charge is 2.24. The number of halogens is 1. The van der Waals surface area contributed by atoms with Gasteiger partial charge in [-0.05, 0) is 72.4 Å². The highest BCUT2D eigenvalue weighted by Crippen LogP contribution is 2.38. The van der Waals surface area contributed by atoms with Crippen LogP contribution in [0, 0.1) is 11.8 Å². The lowest BCUT2D eigenvalue weighted by Crippen LogP contribution is -2.16. The van der Waals surface area contributed by atoms with Gasteiger partial charge >= 0.3 is 5.97 Å². The van der Waals surface area contributed by atoms with Crippen molar-refractivity contribution in [3.05, 3.63) is 103 Å². The van der Waals surface area contributed by atoms with Crippen LogP contribution in [0.25, 0.3) is 0 Å². The molecule has 8 heteroatoms. The Bertz CT molecular complexity index is 1210. The Balaban J connectivity index is 1.89. The second-order valence-electron chi connectivity index (χ2n) is 8.24. The third kappa shape index (κ3) is 6.54. The van der Waals surface area contributed by atoms with Crippen molar-refractivity contribution in [2.24, 2.45) is 12.2 Å². The molecule has 3 aromatic rings. The van der Waals surface area contributed by atoms with Gasteiger partial charge in [0.2, 0.25) is 5.56 Å². The highest BCUT2D eigenvalue weighted by molar-refractivity contribution is 6.30. The highest BCUT2D eigenvalue weighted by atomic mass is 35.5. The van der Waals surface area contributed by atoms with Crippen molar-refractivity contribution in [1.82, 2.24) is 4.57 Å². The van der Waals surface area contributed by atoms with Crippen molar-refractivity contribution >= 4 is 17.6 Å². The van der Waals surface area contributed by atoms with E-state index < -0.39 is 12.0 Å². The summed E-state index contributed by atoms with van der Waals surface area (Å²) in [6.07, 6.45) is 2.54. The van der Waals surface area contributed by atoms with Crippen LogP contribution in [0.1, 0.15) is 53.5 Å². The first-order valence-electron chi connectivity index (χ1n) is 11.0. The molecule has 2 unspecified atom stereocenters. The SMILES string of the molecule is Cc1cc(Cl)ccc1C(CC(N=O)c1ccc(=O)n(C)c1)c1ccc(OCCCC(=O)O)cc1. The number of pyridine rings is 1. The van der Waals surface area contributed by atoms with Crippen molar-refractivity contribution in [3.63, 3.8) is 0 Å². The van der Waals surface area contributed by atoms with Gasteiger partial charge in [-0.15, -0.1) is 0 Å². The molecule has 0 fully saturated rings. The van der Waals surface area contributed by atoms with Crippen molar-refractivity contribution in [1.29, 1.82) is 0 Å². The summed E-state index contributed by atoms with van der Waals surface area (Å²) >= 11 is 6.18. The van der Waals surface area contributed by atoms with Gasteiger partial charge in [0.05, 0.1) is 6.61 Å². The van der Waals surface area contributed by atoms with Crippen molar-refractivity contribution in [2.45, 2.75) is 38.1 Å². The maximum atomic E-state index is 11.9. The van der Waals surface area contributed by atoms with Gasteiger partial charge in [0.25, 0.3) is 0 Å². The van der Waals surface area contributed by atoms with E-state index in [1.165, 1.54) is 10.6 Å². The predicted octanol–water partition coefficient (Wildman–Crippen LogP) is 5.62. The molecule has 2 atom stereocenters. The number of aliphatic carboxylic acids is 1. The van der Waals surface area contributed by atoms with Crippen LogP contribution in [0.2, 0.25) is 5.02 Å². The van der Waals surface area contributed by atoms with Crippen LogP contribution in [0.15, 0.2) is 70.8 Å². The van der Waals surface area contributed by atoms with Crippen LogP contribution >= 0.6 is 11.6 Å². The minimum absolute atomic E-state index is 0.0567. The second-order valence-corrected chi connectivity index (χ2v) is 8.67. The first-order chi connectivity index (χ1) is 16.3. The summed E-state index contributed by atoms with van der Waals surface area (Å²) in [7, 11) is 1.64. The third-order valence-corrected chi connectivity index (χ3v) is 6.01. The molecule has 3 rings (SSSR count). The molecule has 0 saturated heterocycles. The van der Waals surface area contributed by atoms with E-state index in [1.807, 2.05) is 49.4 Å². The number of carbonyl (C=O) groups is 1. The van der Waals surface area contributed by atoms with Gasteiger partial charge in [-0.2, -0.15) is 4.91 Å². The van der Waals surface area contributed by atoms with Crippen LogP contribution in [0.3, 0.4) is 0 Å². The van der Waals surface area contributed by atoms with Crippen LogP contribution in [0.5, 0.6) is 5.75 Å². The maximum absolute atomic E-state index is 11.9. The molecular formula is C26H27ClN2O5. The zero-order valence-electron chi connectivity index (χ0n) is 19.1. The molecule has 0 aliphatic rings. The lowest BCUT2D eigenvalue weighted by atomic mass is 9.83. The van der Waals surface area contributed by atoms with E-state index in [-0.39, 0.29) is 17.9 Å². The molecule has 0 aliphatic carbocycles. The molecule has 0 amide bonds. The fourth-order valence-corrected chi connectivity index (χ4v) is 4.18. The molecule has 0 aliphatic heterocycles. The lowest BCUT2D eigenvalue weighted by molar-refractivity contribution is -0.137. The summed E-state index contributed by atoms with van der Waals surface area (Å²) in [5.74, 6) is -0.362. The number of nitroso groups, excluding NO2 is 1.